The van der Waals surface area contributed by atoms with E-state index in [1.807, 2.05) is 0 Å². The second kappa shape index (κ2) is 5.75. The normalized spacial score (nSPS) is 12.5. The molecule has 0 aliphatic carbocycles. The van der Waals surface area contributed by atoms with E-state index in [4.69, 9.17) is 28.9 Å². The summed E-state index contributed by atoms with van der Waals surface area (Å²) in [7, 11) is 0. The van der Waals surface area contributed by atoms with E-state index >= 15 is 0 Å². The lowest BCUT2D eigenvalue weighted by Crippen LogP contribution is -2.14. The molecule has 0 saturated heterocycles. The quantitative estimate of drug-likeness (QED) is 0.736. The van der Waals surface area contributed by atoms with E-state index in [1.165, 1.54) is 18.2 Å². The molecule has 1 atom stereocenters. The third-order valence-electron chi connectivity index (χ3n) is 2.70. The fourth-order valence-corrected chi connectivity index (χ4v) is 2.47. The lowest BCUT2D eigenvalue weighted by Gasteiger charge is -2.16. The standard InChI is InChI=1S/C13H8BrCl2F2N/c14-9-4-3-8(12(18)11(9)16)13(19)7-2-1-6(17)5-10(7)15/h1-5,13H,19H2. The first-order chi connectivity index (χ1) is 8.91. The van der Waals surface area contributed by atoms with Crippen LogP contribution in [0.3, 0.4) is 0 Å². The van der Waals surface area contributed by atoms with Crippen molar-refractivity contribution in [2.75, 3.05) is 0 Å². The molecule has 1 unspecified atom stereocenters. The Labute approximate surface area is 127 Å². The van der Waals surface area contributed by atoms with E-state index in [9.17, 15) is 8.78 Å². The molecule has 0 bridgehead atoms. The van der Waals surface area contributed by atoms with Crippen molar-refractivity contribution in [3.05, 3.63) is 67.6 Å². The van der Waals surface area contributed by atoms with Crippen molar-refractivity contribution in [3.8, 4) is 0 Å². The second-order valence-electron chi connectivity index (χ2n) is 3.91. The number of halogens is 5. The van der Waals surface area contributed by atoms with Gasteiger partial charge in [-0.15, -0.1) is 0 Å². The Kier molecular flexibility index (Phi) is 4.46. The van der Waals surface area contributed by atoms with E-state index in [-0.39, 0.29) is 15.6 Å². The number of nitrogens with two attached hydrogens (primary N) is 1. The smallest absolute Gasteiger partial charge is 0.148 e. The van der Waals surface area contributed by atoms with Crippen LogP contribution in [0.15, 0.2) is 34.8 Å². The molecule has 0 saturated carbocycles. The molecule has 100 valence electrons. The molecule has 19 heavy (non-hydrogen) atoms. The molecule has 0 aromatic heterocycles. The average Bonchev–Trinajstić information content (AvgIpc) is 2.35. The predicted molar refractivity (Wildman–Crippen MR) is 76.6 cm³/mol. The van der Waals surface area contributed by atoms with Gasteiger partial charge < -0.3 is 5.73 Å². The van der Waals surface area contributed by atoms with E-state index in [0.717, 1.165) is 6.07 Å². The van der Waals surface area contributed by atoms with Crippen LogP contribution in [0.5, 0.6) is 0 Å². The predicted octanol–water partition coefficient (Wildman–Crippen LogP) is 5.08. The van der Waals surface area contributed by atoms with Gasteiger partial charge in [-0.3, -0.25) is 0 Å². The SMILES string of the molecule is NC(c1ccc(F)cc1Cl)c1ccc(Br)c(Cl)c1F. The highest BCUT2D eigenvalue weighted by Crippen LogP contribution is 2.34. The molecule has 0 aliphatic rings. The summed E-state index contributed by atoms with van der Waals surface area (Å²) in [4.78, 5) is 0. The molecule has 0 spiro atoms. The van der Waals surface area contributed by atoms with Gasteiger partial charge in [-0.05, 0) is 39.7 Å². The van der Waals surface area contributed by atoms with Gasteiger partial charge in [0.05, 0.1) is 11.1 Å². The largest absolute Gasteiger partial charge is 0.320 e. The lowest BCUT2D eigenvalue weighted by atomic mass is 9.99. The summed E-state index contributed by atoms with van der Waals surface area (Å²) in [5.74, 6) is -1.10. The van der Waals surface area contributed by atoms with Crippen LogP contribution >= 0.6 is 39.1 Å². The molecular weight excluding hydrogens is 359 g/mol. The Morgan fingerprint density at radius 2 is 1.68 bits per heavy atom. The molecule has 0 radical (unpaired) electrons. The van der Waals surface area contributed by atoms with E-state index < -0.39 is 17.7 Å². The number of benzene rings is 2. The summed E-state index contributed by atoms with van der Waals surface area (Å²) < 4.78 is 27.5. The molecule has 1 nitrogen and oxygen atoms in total. The van der Waals surface area contributed by atoms with Crippen molar-refractivity contribution in [2.45, 2.75) is 6.04 Å². The molecular formula is C13H8BrCl2F2N. The maximum atomic E-state index is 14.1. The van der Waals surface area contributed by atoms with Crippen molar-refractivity contribution in [1.29, 1.82) is 0 Å². The maximum absolute atomic E-state index is 14.1. The molecule has 0 amide bonds. The van der Waals surface area contributed by atoms with Crippen molar-refractivity contribution in [2.24, 2.45) is 5.73 Å². The number of hydrogen-bond donors (Lipinski definition) is 1. The molecule has 0 heterocycles. The third kappa shape index (κ3) is 2.92. The molecule has 2 aromatic rings. The topological polar surface area (TPSA) is 26.0 Å². The molecule has 6 heteroatoms. The first-order valence-corrected chi connectivity index (χ1v) is 6.80. The van der Waals surface area contributed by atoms with Crippen LogP contribution in [0.2, 0.25) is 10.0 Å². The van der Waals surface area contributed by atoms with Crippen LogP contribution in [0.25, 0.3) is 0 Å². The van der Waals surface area contributed by atoms with Crippen LogP contribution in [-0.2, 0) is 0 Å². The molecule has 2 rings (SSSR count). The van der Waals surface area contributed by atoms with E-state index in [2.05, 4.69) is 15.9 Å². The average molecular weight is 367 g/mol. The minimum atomic E-state index is -0.821. The van der Waals surface area contributed by atoms with Crippen LogP contribution < -0.4 is 5.73 Å². The van der Waals surface area contributed by atoms with Gasteiger partial charge in [0.2, 0.25) is 0 Å². The highest BCUT2D eigenvalue weighted by Gasteiger charge is 2.19. The van der Waals surface area contributed by atoms with Gasteiger partial charge >= 0.3 is 0 Å². The maximum Gasteiger partial charge on any atom is 0.148 e. The van der Waals surface area contributed by atoms with Crippen LogP contribution in [0.1, 0.15) is 17.2 Å². The van der Waals surface area contributed by atoms with E-state index in [0.29, 0.717) is 10.0 Å². The summed E-state index contributed by atoms with van der Waals surface area (Å²) in [5, 5.41) is 0.0946. The Hall–Kier alpha value is -0.680. The van der Waals surface area contributed by atoms with Gasteiger partial charge in [-0.25, -0.2) is 8.78 Å². The Morgan fingerprint density at radius 1 is 1.05 bits per heavy atom. The lowest BCUT2D eigenvalue weighted by molar-refractivity contribution is 0.598. The zero-order valence-corrected chi connectivity index (χ0v) is 12.5. The Bertz CT molecular complexity index is 634. The van der Waals surface area contributed by atoms with Crippen LogP contribution in [-0.4, -0.2) is 0 Å². The minimum absolute atomic E-state index is 0.0498. The first-order valence-electron chi connectivity index (χ1n) is 5.25. The van der Waals surface area contributed by atoms with Crippen molar-refractivity contribution in [1.82, 2.24) is 0 Å². The highest BCUT2D eigenvalue weighted by atomic mass is 79.9. The van der Waals surface area contributed by atoms with Crippen molar-refractivity contribution < 1.29 is 8.78 Å². The van der Waals surface area contributed by atoms with Crippen molar-refractivity contribution >= 4 is 39.1 Å². The monoisotopic (exact) mass is 365 g/mol. The van der Waals surface area contributed by atoms with Gasteiger partial charge in [-0.1, -0.05) is 35.3 Å². The van der Waals surface area contributed by atoms with Crippen molar-refractivity contribution in [3.63, 3.8) is 0 Å². The van der Waals surface area contributed by atoms with Gasteiger partial charge in [0.15, 0.2) is 0 Å². The Balaban J connectivity index is 2.50. The Morgan fingerprint density at radius 3 is 2.32 bits per heavy atom. The fraction of sp³-hybridized carbons (Fsp3) is 0.0769. The first kappa shape index (κ1) is 14.7. The second-order valence-corrected chi connectivity index (χ2v) is 5.55. The van der Waals surface area contributed by atoms with Crippen LogP contribution in [0, 0.1) is 11.6 Å². The fourth-order valence-electron chi connectivity index (χ4n) is 1.70. The summed E-state index contributed by atoms with van der Waals surface area (Å²) in [6, 6.07) is 6.07. The summed E-state index contributed by atoms with van der Waals surface area (Å²) >= 11 is 14.8. The van der Waals surface area contributed by atoms with Gasteiger partial charge in [-0.2, -0.15) is 0 Å². The zero-order valence-electron chi connectivity index (χ0n) is 9.43. The minimum Gasteiger partial charge on any atom is -0.320 e. The van der Waals surface area contributed by atoms with Gasteiger partial charge in [0.25, 0.3) is 0 Å². The number of hydrogen-bond acceptors (Lipinski definition) is 1. The van der Waals surface area contributed by atoms with Gasteiger partial charge in [0, 0.05) is 15.1 Å². The summed E-state index contributed by atoms with van der Waals surface area (Å²) in [5.41, 5.74) is 6.59. The van der Waals surface area contributed by atoms with E-state index in [1.54, 1.807) is 6.07 Å². The third-order valence-corrected chi connectivity index (χ3v) is 4.28. The zero-order chi connectivity index (χ0) is 14.2. The number of rotatable bonds is 2. The molecule has 0 fully saturated rings. The summed E-state index contributed by atoms with van der Waals surface area (Å²) in [6.45, 7) is 0. The molecule has 2 N–H and O–H groups in total. The van der Waals surface area contributed by atoms with Crippen LogP contribution in [0.4, 0.5) is 8.78 Å². The van der Waals surface area contributed by atoms with Gasteiger partial charge in [0.1, 0.15) is 11.6 Å². The molecule has 2 aromatic carbocycles. The highest BCUT2D eigenvalue weighted by molar-refractivity contribution is 9.10. The molecule has 0 aliphatic heterocycles. The summed E-state index contributed by atoms with van der Waals surface area (Å²) in [6.07, 6.45) is 0.